The second kappa shape index (κ2) is 7.02. The van der Waals surface area contributed by atoms with E-state index >= 15 is 0 Å². The quantitative estimate of drug-likeness (QED) is 0.860. The van der Waals surface area contributed by atoms with Crippen LogP contribution in [0.3, 0.4) is 0 Å². The number of benzene rings is 1. The van der Waals surface area contributed by atoms with Gasteiger partial charge in [-0.3, -0.25) is 4.79 Å². The normalized spacial score (nSPS) is 12.1. The lowest BCUT2D eigenvalue weighted by Crippen LogP contribution is -2.22. The molecule has 0 heterocycles. The maximum absolute atomic E-state index is 11.6. The summed E-state index contributed by atoms with van der Waals surface area (Å²) < 4.78 is 10.5. The molecule has 106 valence electrons. The summed E-state index contributed by atoms with van der Waals surface area (Å²) in [5, 5.41) is 2.68. The fourth-order valence-electron chi connectivity index (χ4n) is 2.12. The average Bonchev–Trinajstić information content (AvgIpc) is 2.43. The highest BCUT2D eigenvalue weighted by Crippen LogP contribution is 2.34. The first-order chi connectivity index (χ1) is 9.03. The van der Waals surface area contributed by atoms with Crippen molar-refractivity contribution in [2.24, 2.45) is 5.92 Å². The van der Waals surface area contributed by atoms with Gasteiger partial charge in [-0.05, 0) is 29.5 Å². The van der Waals surface area contributed by atoms with Crippen molar-refractivity contribution in [1.82, 2.24) is 5.32 Å². The molecule has 0 saturated heterocycles. The lowest BCUT2D eigenvalue weighted by atomic mass is 9.85. The third-order valence-electron chi connectivity index (χ3n) is 3.32. The SMILES string of the molecule is CNC(=O)CC(c1ccc(OC)c(OC)c1)C(C)C. The molecular weight excluding hydrogens is 242 g/mol. The van der Waals surface area contributed by atoms with Crippen molar-refractivity contribution in [2.75, 3.05) is 21.3 Å². The summed E-state index contributed by atoms with van der Waals surface area (Å²) in [5.74, 6) is 1.99. The predicted molar refractivity (Wildman–Crippen MR) is 75.8 cm³/mol. The van der Waals surface area contributed by atoms with Gasteiger partial charge in [-0.1, -0.05) is 19.9 Å². The zero-order chi connectivity index (χ0) is 14.4. The first-order valence-electron chi connectivity index (χ1n) is 6.46. The van der Waals surface area contributed by atoms with Crippen LogP contribution in [0.15, 0.2) is 18.2 Å². The molecular formula is C15H23NO3. The fraction of sp³-hybridized carbons (Fsp3) is 0.533. The minimum Gasteiger partial charge on any atom is -0.493 e. The van der Waals surface area contributed by atoms with E-state index in [1.165, 1.54) is 0 Å². The highest BCUT2D eigenvalue weighted by Gasteiger charge is 2.20. The van der Waals surface area contributed by atoms with Crippen LogP contribution < -0.4 is 14.8 Å². The van der Waals surface area contributed by atoms with E-state index in [9.17, 15) is 4.79 Å². The van der Waals surface area contributed by atoms with Gasteiger partial charge in [-0.25, -0.2) is 0 Å². The van der Waals surface area contributed by atoms with E-state index in [1.54, 1.807) is 21.3 Å². The van der Waals surface area contributed by atoms with Crippen LogP contribution >= 0.6 is 0 Å². The van der Waals surface area contributed by atoms with E-state index < -0.39 is 0 Å². The average molecular weight is 265 g/mol. The van der Waals surface area contributed by atoms with Crippen molar-refractivity contribution in [1.29, 1.82) is 0 Å². The molecule has 0 aliphatic heterocycles. The molecule has 0 spiro atoms. The number of hydrogen-bond donors (Lipinski definition) is 1. The standard InChI is InChI=1S/C15H23NO3/c1-10(2)12(9-15(17)16-3)11-6-7-13(18-4)14(8-11)19-5/h6-8,10,12H,9H2,1-5H3,(H,16,17). The number of rotatable bonds is 6. The van der Waals surface area contributed by atoms with E-state index in [-0.39, 0.29) is 11.8 Å². The summed E-state index contributed by atoms with van der Waals surface area (Å²) in [5.41, 5.74) is 1.09. The van der Waals surface area contributed by atoms with Gasteiger partial charge in [0.05, 0.1) is 14.2 Å². The molecule has 1 rings (SSSR count). The highest BCUT2D eigenvalue weighted by atomic mass is 16.5. The monoisotopic (exact) mass is 265 g/mol. The Hall–Kier alpha value is -1.71. The van der Waals surface area contributed by atoms with Crippen LogP contribution in [-0.4, -0.2) is 27.2 Å². The van der Waals surface area contributed by atoms with Crippen molar-refractivity contribution < 1.29 is 14.3 Å². The molecule has 4 nitrogen and oxygen atoms in total. The second-order valence-corrected chi connectivity index (χ2v) is 4.84. The number of ether oxygens (including phenoxy) is 2. The largest absolute Gasteiger partial charge is 0.493 e. The van der Waals surface area contributed by atoms with E-state index in [1.807, 2.05) is 18.2 Å². The van der Waals surface area contributed by atoms with Gasteiger partial charge in [-0.2, -0.15) is 0 Å². The molecule has 1 N–H and O–H groups in total. The van der Waals surface area contributed by atoms with Crippen molar-refractivity contribution in [2.45, 2.75) is 26.2 Å². The van der Waals surface area contributed by atoms with Crippen LogP contribution in [0.25, 0.3) is 0 Å². The lowest BCUT2D eigenvalue weighted by molar-refractivity contribution is -0.121. The summed E-state index contributed by atoms with van der Waals surface area (Å²) in [6.45, 7) is 4.23. The molecule has 1 aromatic rings. The number of carbonyl (C=O) groups excluding carboxylic acids is 1. The molecule has 0 aliphatic rings. The molecule has 1 unspecified atom stereocenters. The van der Waals surface area contributed by atoms with Gasteiger partial charge in [0.2, 0.25) is 5.91 Å². The molecule has 0 aromatic heterocycles. The molecule has 0 aliphatic carbocycles. The van der Waals surface area contributed by atoms with Crippen LogP contribution in [0.5, 0.6) is 11.5 Å². The molecule has 0 saturated carbocycles. The third-order valence-corrected chi connectivity index (χ3v) is 3.32. The summed E-state index contributed by atoms with van der Waals surface area (Å²) >= 11 is 0. The zero-order valence-corrected chi connectivity index (χ0v) is 12.3. The minimum absolute atomic E-state index is 0.0495. The van der Waals surface area contributed by atoms with Crippen molar-refractivity contribution in [3.05, 3.63) is 23.8 Å². The van der Waals surface area contributed by atoms with Gasteiger partial charge >= 0.3 is 0 Å². The molecule has 0 fully saturated rings. The van der Waals surface area contributed by atoms with Gasteiger partial charge in [0, 0.05) is 13.5 Å². The number of hydrogen-bond acceptors (Lipinski definition) is 3. The summed E-state index contributed by atoms with van der Waals surface area (Å²) in [7, 11) is 4.89. The zero-order valence-electron chi connectivity index (χ0n) is 12.3. The van der Waals surface area contributed by atoms with E-state index in [0.717, 1.165) is 5.56 Å². The van der Waals surface area contributed by atoms with E-state index in [0.29, 0.717) is 23.8 Å². The van der Waals surface area contributed by atoms with Gasteiger partial charge in [0.1, 0.15) is 0 Å². The molecule has 1 atom stereocenters. The Morgan fingerprint density at radius 1 is 1.21 bits per heavy atom. The molecule has 19 heavy (non-hydrogen) atoms. The molecule has 0 radical (unpaired) electrons. The van der Waals surface area contributed by atoms with Crippen molar-refractivity contribution in [3.63, 3.8) is 0 Å². The van der Waals surface area contributed by atoms with Gasteiger partial charge in [-0.15, -0.1) is 0 Å². The summed E-state index contributed by atoms with van der Waals surface area (Å²) in [6.07, 6.45) is 0.476. The second-order valence-electron chi connectivity index (χ2n) is 4.84. The molecule has 1 aromatic carbocycles. The predicted octanol–water partition coefficient (Wildman–Crippen LogP) is 2.58. The maximum atomic E-state index is 11.6. The number of methoxy groups -OCH3 is 2. The smallest absolute Gasteiger partial charge is 0.220 e. The minimum atomic E-state index is 0.0495. The van der Waals surface area contributed by atoms with Crippen molar-refractivity contribution in [3.8, 4) is 11.5 Å². The van der Waals surface area contributed by atoms with Crippen LogP contribution in [0.1, 0.15) is 31.7 Å². The Balaban J connectivity index is 3.05. The Bertz CT molecular complexity index is 429. The number of carbonyl (C=O) groups is 1. The summed E-state index contributed by atoms with van der Waals surface area (Å²) in [4.78, 5) is 11.6. The molecule has 1 amide bonds. The fourth-order valence-corrected chi connectivity index (χ4v) is 2.12. The highest BCUT2D eigenvalue weighted by molar-refractivity contribution is 5.76. The van der Waals surface area contributed by atoms with Gasteiger partial charge in [0.15, 0.2) is 11.5 Å². The summed E-state index contributed by atoms with van der Waals surface area (Å²) in [6, 6.07) is 5.83. The van der Waals surface area contributed by atoms with Gasteiger partial charge in [0.25, 0.3) is 0 Å². The van der Waals surface area contributed by atoms with Gasteiger partial charge < -0.3 is 14.8 Å². The Kier molecular flexibility index (Phi) is 5.67. The topological polar surface area (TPSA) is 47.6 Å². The lowest BCUT2D eigenvalue weighted by Gasteiger charge is -2.21. The maximum Gasteiger partial charge on any atom is 0.220 e. The first-order valence-corrected chi connectivity index (χ1v) is 6.46. The Morgan fingerprint density at radius 3 is 2.32 bits per heavy atom. The Labute approximate surface area is 115 Å². The van der Waals surface area contributed by atoms with Crippen LogP contribution in [0, 0.1) is 5.92 Å². The number of nitrogens with one attached hydrogen (secondary N) is 1. The van der Waals surface area contributed by atoms with Crippen LogP contribution in [-0.2, 0) is 4.79 Å². The Morgan fingerprint density at radius 2 is 1.84 bits per heavy atom. The van der Waals surface area contributed by atoms with E-state index in [2.05, 4.69) is 19.2 Å². The van der Waals surface area contributed by atoms with Crippen LogP contribution in [0.2, 0.25) is 0 Å². The third kappa shape index (κ3) is 3.88. The van der Waals surface area contributed by atoms with E-state index in [4.69, 9.17) is 9.47 Å². The number of amides is 1. The van der Waals surface area contributed by atoms with Crippen LogP contribution in [0.4, 0.5) is 0 Å². The molecule has 0 bridgehead atoms. The molecule has 4 heteroatoms. The first kappa shape index (κ1) is 15.3. The van der Waals surface area contributed by atoms with Crippen molar-refractivity contribution >= 4 is 5.91 Å².